The van der Waals surface area contributed by atoms with Gasteiger partial charge < -0.3 is 20.4 Å². The molecule has 2 amide bonds. The highest BCUT2D eigenvalue weighted by molar-refractivity contribution is 5.95. The Labute approximate surface area is 147 Å². The number of amides is 2. The summed E-state index contributed by atoms with van der Waals surface area (Å²) in [5, 5.41) is 3.03. The van der Waals surface area contributed by atoms with Crippen molar-refractivity contribution in [3.8, 4) is 0 Å². The Kier molecular flexibility index (Phi) is 5.19. The maximum Gasteiger partial charge on any atom is 0.255 e. The molecule has 2 heterocycles. The van der Waals surface area contributed by atoms with E-state index in [9.17, 15) is 9.59 Å². The average Bonchev–Trinajstić information content (AvgIpc) is 3.08. The SMILES string of the molecule is Cc1occc1C(=O)NC1CCN(C(=O)c2ccc(CN)cc2)CC1. The Bertz CT molecular complexity index is 744. The van der Waals surface area contributed by atoms with Gasteiger partial charge in [0.25, 0.3) is 11.8 Å². The van der Waals surface area contributed by atoms with Gasteiger partial charge in [-0.2, -0.15) is 0 Å². The average molecular weight is 341 g/mol. The molecular weight excluding hydrogens is 318 g/mol. The number of hydrogen-bond donors (Lipinski definition) is 2. The fourth-order valence-electron chi connectivity index (χ4n) is 3.08. The van der Waals surface area contributed by atoms with Crippen LogP contribution in [0, 0.1) is 6.92 Å². The quantitative estimate of drug-likeness (QED) is 0.891. The molecule has 2 aromatic rings. The van der Waals surface area contributed by atoms with Gasteiger partial charge in [0.1, 0.15) is 5.76 Å². The maximum atomic E-state index is 12.6. The molecule has 0 saturated carbocycles. The monoisotopic (exact) mass is 341 g/mol. The van der Waals surface area contributed by atoms with E-state index in [0.717, 1.165) is 18.4 Å². The number of carbonyl (C=O) groups excluding carboxylic acids is 2. The Morgan fingerprint density at radius 1 is 1.20 bits per heavy atom. The Balaban J connectivity index is 1.53. The number of piperidine rings is 1. The number of nitrogens with one attached hydrogen (secondary N) is 1. The van der Waals surface area contributed by atoms with Crippen molar-refractivity contribution in [3.63, 3.8) is 0 Å². The standard InChI is InChI=1S/C19H23N3O3/c1-13-17(8-11-25-13)18(23)21-16-6-9-22(10-7-16)19(24)15-4-2-14(12-20)3-5-15/h2-5,8,11,16H,6-7,9-10,12,20H2,1H3,(H,21,23). The van der Waals surface area contributed by atoms with Gasteiger partial charge in [0.15, 0.2) is 0 Å². The van der Waals surface area contributed by atoms with E-state index in [0.29, 0.717) is 36.5 Å². The normalized spacial score (nSPS) is 15.2. The van der Waals surface area contributed by atoms with Crippen LogP contribution in [0.5, 0.6) is 0 Å². The second-order valence-electron chi connectivity index (χ2n) is 6.33. The summed E-state index contributed by atoms with van der Waals surface area (Å²) in [6.45, 7) is 3.50. The number of benzene rings is 1. The minimum Gasteiger partial charge on any atom is -0.469 e. The summed E-state index contributed by atoms with van der Waals surface area (Å²) in [5.74, 6) is 0.526. The van der Waals surface area contributed by atoms with E-state index in [1.165, 1.54) is 6.26 Å². The van der Waals surface area contributed by atoms with Crippen molar-refractivity contribution < 1.29 is 14.0 Å². The lowest BCUT2D eigenvalue weighted by Gasteiger charge is -2.32. The number of likely N-dealkylation sites (tertiary alicyclic amines) is 1. The summed E-state index contributed by atoms with van der Waals surface area (Å²) in [6, 6.07) is 9.15. The third kappa shape index (κ3) is 3.91. The molecule has 1 aromatic carbocycles. The van der Waals surface area contributed by atoms with Gasteiger partial charge in [-0.15, -0.1) is 0 Å². The molecule has 0 radical (unpaired) electrons. The number of hydrogen-bond acceptors (Lipinski definition) is 4. The van der Waals surface area contributed by atoms with Crippen molar-refractivity contribution in [3.05, 3.63) is 59.0 Å². The highest BCUT2D eigenvalue weighted by Gasteiger charge is 2.25. The van der Waals surface area contributed by atoms with E-state index in [-0.39, 0.29) is 17.9 Å². The Hall–Kier alpha value is -2.60. The number of rotatable bonds is 4. The van der Waals surface area contributed by atoms with Crippen molar-refractivity contribution in [2.24, 2.45) is 5.73 Å². The first kappa shape index (κ1) is 17.2. The summed E-state index contributed by atoms with van der Waals surface area (Å²) in [5.41, 5.74) is 7.83. The lowest BCUT2D eigenvalue weighted by atomic mass is 10.0. The smallest absolute Gasteiger partial charge is 0.255 e. The molecule has 1 saturated heterocycles. The van der Waals surface area contributed by atoms with E-state index in [4.69, 9.17) is 10.2 Å². The zero-order chi connectivity index (χ0) is 17.8. The van der Waals surface area contributed by atoms with Gasteiger partial charge in [-0.25, -0.2) is 0 Å². The van der Waals surface area contributed by atoms with Crippen LogP contribution in [0.4, 0.5) is 0 Å². The summed E-state index contributed by atoms with van der Waals surface area (Å²) >= 11 is 0. The predicted octanol–water partition coefficient (Wildman–Crippen LogP) is 2.08. The predicted molar refractivity (Wildman–Crippen MR) is 94.2 cm³/mol. The lowest BCUT2D eigenvalue weighted by molar-refractivity contribution is 0.0698. The molecule has 0 unspecified atom stereocenters. The molecule has 0 atom stereocenters. The van der Waals surface area contributed by atoms with E-state index in [1.807, 2.05) is 29.2 Å². The van der Waals surface area contributed by atoms with E-state index < -0.39 is 0 Å². The Morgan fingerprint density at radius 2 is 1.88 bits per heavy atom. The molecule has 1 aliphatic rings. The summed E-state index contributed by atoms with van der Waals surface area (Å²) in [6.07, 6.45) is 3.01. The fraction of sp³-hybridized carbons (Fsp3) is 0.368. The summed E-state index contributed by atoms with van der Waals surface area (Å²) in [7, 11) is 0. The number of carbonyl (C=O) groups is 2. The zero-order valence-corrected chi connectivity index (χ0v) is 14.3. The first-order chi connectivity index (χ1) is 12.1. The molecule has 0 spiro atoms. The summed E-state index contributed by atoms with van der Waals surface area (Å²) < 4.78 is 5.17. The van der Waals surface area contributed by atoms with Crippen molar-refractivity contribution in [2.75, 3.05) is 13.1 Å². The largest absolute Gasteiger partial charge is 0.469 e. The van der Waals surface area contributed by atoms with Crippen LogP contribution < -0.4 is 11.1 Å². The molecule has 0 aliphatic carbocycles. The van der Waals surface area contributed by atoms with Crippen molar-refractivity contribution in [1.82, 2.24) is 10.2 Å². The fourth-order valence-corrected chi connectivity index (χ4v) is 3.08. The maximum absolute atomic E-state index is 12.6. The minimum atomic E-state index is -0.117. The van der Waals surface area contributed by atoms with E-state index in [2.05, 4.69) is 5.32 Å². The molecule has 1 fully saturated rings. The zero-order valence-electron chi connectivity index (χ0n) is 14.3. The topological polar surface area (TPSA) is 88.6 Å². The molecule has 3 rings (SSSR count). The minimum absolute atomic E-state index is 0.0269. The third-order valence-electron chi connectivity index (χ3n) is 4.66. The highest BCUT2D eigenvalue weighted by Crippen LogP contribution is 2.16. The van der Waals surface area contributed by atoms with E-state index >= 15 is 0 Å². The van der Waals surface area contributed by atoms with Crippen molar-refractivity contribution in [2.45, 2.75) is 32.4 Å². The van der Waals surface area contributed by atoms with Gasteiger partial charge in [-0.3, -0.25) is 9.59 Å². The molecular formula is C19H23N3O3. The number of nitrogens with two attached hydrogens (primary N) is 1. The molecule has 6 nitrogen and oxygen atoms in total. The molecule has 6 heteroatoms. The van der Waals surface area contributed by atoms with E-state index in [1.54, 1.807) is 13.0 Å². The second kappa shape index (κ2) is 7.53. The van der Waals surface area contributed by atoms with Gasteiger partial charge in [0.2, 0.25) is 0 Å². The van der Waals surface area contributed by atoms with Crippen LogP contribution in [-0.2, 0) is 6.54 Å². The van der Waals surface area contributed by atoms with Crippen molar-refractivity contribution in [1.29, 1.82) is 0 Å². The lowest BCUT2D eigenvalue weighted by Crippen LogP contribution is -2.46. The number of aryl methyl sites for hydroxylation is 1. The van der Waals surface area contributed by atoms with Crippen LogP contribution in [-0.4, -0.2) is 35.8 Å². The van der Waals surface area contributed by atoms with Crippen LogP contribution in [0.15, 0.2) is 41.0 Å². The molecule has 132 valence electrons. The second-order valence-corrected chi connectivity index (χ2v) is 6.33. The van der Waals surface area contributed by atoms with Crippen LogP contribution in [0.3, 0.4) is 0 Å². The molecule has 3 N–H and O–H groups in total. The van der Waals surface area contributed by atoms with Crippen LogP contribution in [0.1, 0.15) is 44.9 Å². The molecule has 1 aromatic heterocycles. The third-order valence-corrected chi connectivity index (χ3v) is 4.66. The van der Waals surface area contributed by atoms with Crippen LogP contribution in [0.2, 0.25) is 0 Å². The van der Waals surface area contributed by atoms with Gasteiger partial charge >= 0.3 is 0 Å². The Morgan fingerprint density at radius 3 is 2.44 bits per heavy atom. The number of furan rings is 1. The van der Waals surface area contributed by atoms with Gasteiger partial charge in [0, 0.05) is 31.2 Å². The highest BCUT2D eigenvalue weighted by atomic mass is 16.3. The first-order valence-corrected chi connectivity index (χ1v) is 8.51. The van der Waals surface area contributed by atoms with Crippen molar-refractivity contribution >= 4 is 11.8 Å². The first-order valence-electron chi connectivity index (χ1n) is 8.51. The molecule has 0 bridgehead atoms. The van der Waals surface area contributed by atoms with Gasteiger partial charge in [-0.05, 0) is 43.5 Å². The molecule has 25 heavy (non-hydrogen) atoms. The summed E-state index contributed by atoms with van der Waals surface area (Å²) in [4.78, 5) is 26.6. The van der Waals surface area contributed by atoms with Crippen LogP contribution >= 0.6 is 0 Å². The van der Waals surface area contributed by atoms with Gasteiger partial charge in [-0.1, -0.05) is 12.1 Å². The van der Waals surface area contributed by atoms with Gasteiger partial charge in [0.05, 0.1) is 11.8 Å². The van der Waals surface area contributed by atoms with Crippen LogP contribution in [0.25, 0.3) is 0 Å². The molecule has 1 aliphatic heterocycles. The number of nitrogens with zero attached hydrogens (tertiary/aromatic N) is 1.